The van der Waals surface area contributed by atoms with Gasteiger partial charge in [-0.2, -0.15) is 0 Å². The number of thiophene rings is 1. The molecular formula is C21H19NO4S. The van der Waals surface area contributed by atoms with E-state index in [1.54, 1.807) is 24.6 Å². The molecule has 0 saturated heterocycles. The van der Waals surface area contributed by atoms with E-state index < -0.39 is 5.97 Å². The van der Waals surface area contributed by atoms with Crippen LogP contribution in [0, 0.1) is 6.92 Å². The second-order valence-corrected chi connectivity index (χ2v) is 6.98. The van der Waals surface area contributed by atoms with Gasteiger partial charge in [0.25, 0.3) is 0 Å². The van der Waals surface area contributed by atoms with E-state index in [2.05, 4.69) is 5.32 Å². The molecule has 3 aromatic rings. The van der Waals surface area contributed by atoms with Gasteiger partial charge in [0.05, 0.1) is 13.5 Å². The Labute approximate surface area is 161 Å². The van der Waals surface area contributed by atoms with E-state index in [1.807, 2.05) is 43.3 Å². The highest BCUT2D eigenvalue weighted by Crippen LogP contribution is 2.35. The van der Waals surface area contributed by atoms with Gasteiger partial charge in [0.1, 0.15) is 16.3 Å². The van der Waals surface area contributed by atoms with Crippen molar-refractivity contribution >= 4 is 28.2 Å². The third-order valence-corrected chi connectivity index (χ3v) is 5.04. The summed E-state index contributed by atoms with van der Waals surface area (Å²) >= 11 is 1.22. The van der Waals surface area contributed by atoms with Crippen molar-refractivity contribution < 1.29 is 19.4 Å². The molecule has 0 fully saturated rings. The van der Waals surface area contributed by atoms with Gasteiger partial charge < -0.3 is 15.2 Å². The summed E-state index contributed by atoms with van der Waals surface area (Å²) in [4.78, 5) is 24.2. The number of carbonyl (C=O) groups excluding carboxylic acids is 1. The van der Waals surface area contributed by atoms with Gasteiger partial charge in [0, 0.05) is 10.9 Å². The highest BCUT2D eigenvalue weighted by atomic mass is 32.1. The van der Waals surface area contributed by atoms with Crippen molar-refractivity contribution in [2.75, 3.05) is 12.4 Å². The first kappa shape index (κ1) is 18.7. The van der Waals surface area contributed by atoms with Crippen molar-refractivity contribution in [3.8, 4) is 16.9 Å². The van der Waals surface area contributed by atoms with Crippen LogP contribution in [0.1, 0.15) is 21.5 Å². The Hall–Kier alpha value is -3.12. The Kier molecular flexibility index (Phi) is 5.57. The summed E-state index contributed by atoms with van der Waals surface area (Å²) in [6, 6.07) is 14.8. The molecule has 0 spiro atoms. The van der Waals surface area contributed by atoms with Crippen LogP contribution < -0.4 is 10.1 Å². The number of carboxylic acid groups (broad SMARTS) is 1. The molecule has 0 aliphatic rings. The molecule has 0 saturated carbocycles. The van der Waals surface area contributed by atoms with E-state index >= 15 is 0 Å². The number of hydrogen-bond acceptors (Lipinski definition) is 4. The molecule has 138 valence electrons. The third-order valence-electron chi connectivity index (χ3n) is 4.14. The average Bonchev–Trinajstić information content (AvgIpc) is 3.06. The standard InChI is InChI=1S/C21H19NO4S/c1-13-3-7-15(8-4-13)17-12-27-20(19(17)21(24)25)22-18(23)11-14-5-9-16(26-2)10-6-14/h3-10,12H,11H2,1-2H3,(H,22,23)(H,24,25). The molecular weight excluding hydrogens is 362 g/mol. The minimum Gasteiger partial charge on any atom is -0.497 e. The predicted octanol–water partition coefficient (Wildman–Crippen LogP) is 4.61. The van der Waals surface area contributed by atoms with Crippen LogP contribution in [-0.4, -0.2) is 24.1 Å². The van der Waals surface area contributed by atoms with Crippen molar-refractivity contribution in [2.45, 2.75) is 13.3 Å². The van der Waals surface area contributed by atoms with Gasteiger partial charge in [0.15, 0.2) is 0 Å². The van der Waals surface area contributed by atoms with Crippen LogP contribution >= 0.6 is 11.3 Å². The second-order valence-electron chi connectivity index (χ2n) is 6.10. The molecule has 5 nitrogen and oxygen atoms in total. The molecule has 0 aliphatic carbocycles. The summed E-state index contributed by atoms with van der Waals surface area (Å²) in [5, 5.41) is 14.5. The van der Waals surface area contributed by atoms with Crippen LogP contribution in [0.25, 0.3) is 11.1 Å². The number of ether oxygens (including phenoxy) is 1. The Bertz CT molecular complexity index is 959. The molecule has 27 heavy (non-hydrogen) atoms. The fraction of sp³-hybridized carbons (Fsp3) is 0.143. The van der Waals surface area contributed by atoms with Gasteiger partial charge in [0.2, 0.25) is 5.91 Å². The summed E-state index contributed by atoms with van der Waals surface area (Å²) in [6.07, 6.45) is 0.154. The van der Waals surface area contributed by atoms with Gasteiger partial charge in [-0.3, -0.25) is 4.79 Å². The number of rotatable bonds is 6. The minimum absolute atomic E-state index is 0.118. The van der Waals surface area contributed by atoms with Gasteiger partial charge in [-0.15, -0.1) is 11.3 Å². The number of carbonyl (C=O) groups is 2. The third kappa shape index (κ3) is 4.35. The fourth-order valence-corrected chi connectivity index (χ4v) is 3.68. The van der Waals surface area contributed by atoms with E-state index in [0.29, 0.717) is 16.3 Å². The molecule has 2 N–H and O–H groups in total. The summed E-state index contributed by atoms with van der Waals surface area (Å²) in [6.45, 7) is 1.97. The van der Waals surface area contributed by atoms with Crippen LogP contribution in [0.2, 0.25) is 0 Å². The normalized spacial score (nSPS) is 10.4. The highest BCUT2D eigenvalue weighted by Gasteiger charge is 2.21. The number of hydrogen-bond donors (Lipinski definition) is 2. The summed E-state index contributed by atoms with van der Waals surface area (Å²) in [5.74, 6) is -0.611. The van der Waals surface area contributed by atoms with E-state index in [0.717, 1.165) is 16.7 Å². The van der Waals surface area contributed by atoms with E-state index in [-0.39, 0.29) is 17.9 Å². The maximum atomic E-state index is 12.4. The van der Waals surface area contributed by atoms with Crippen LogP contribution in [-0.2, 0) is 11.2 Å². The number of benzene rings is 2. The number of anilines is 1. The zero-order valence-corrected chi connectivity index (χ0v) is 15.8. The lowest BCUT2D eigenvalue weighted by molar-refractivity contribution is -0.115. The fourth-order valence-electron chi connectivity index (χ4n) is 2.71. The maximum Gasteiger partial charge on any atom is 0.339 e. The van der Waals surface area contributed by atoms with Gasteiger partial charge >= 0.3 is 5.97 Å². The maximum absolute atomic E-state index is 12.4. The first-order valence-corrected chi connectivity index (χ1v) is 9.20. The topological polar surface area (TPSA) is 75.6 Å². The Balaban J connectivity index is 1.80. The molecule has 1 aromatic heterocycles. The Morgan fingerprint density at radius 3 is 2.33 bits per heavy atom. The molecule has 1 amide bonds. The Morgan fingerprint density at radius 2 is 1.74 bits per heavy atom. The van der Waals surface area contributed by atoms with Crippen molar-refractivity contribution in [1.29, 1.82) is 0 Å². The van der Waals surface area contributed by atoms with Crippen molar-refractivity contribution in [2.24, 2.45) is 0 Å². The molecule has 6 heteroatoms. The highest BCUT2D eigenvalue weighted by molar-refractivity contribution is 7.15. The largest absolute Gasteiger partial charge is 0.497 e. The van der Waals surface area contributed by atoms with Crippen molar-refractivity contribution in [3.63, 3.8) is 0 Å². The summed E-state index contributed by atoms with van der Waals surface area (Å²) < 4.78 is 5.10. The SMILES string of the molecule is COc1ccc(CC(=O)Nc2scc(-c3ccc(C)cc3)c2C(=O)O)cc1. The molecule has 0 aliphatic heterocycles. The molecule has 0 unspecified atom stereocenters. The van der Waals surface area contributed by atoms with Gasteiger partial charge in [-0.05, 0) is 30.2 Å². The number of carboxylic acids is 1. The first-order valence-electron chi connectivity index (χ1n) is 8.32. The quantitative estimate of drug-likeness (QED) is 0.654. The summed E-state index contributed by atoms with van der Waals surface area (Å²) in [7, 11) is 1.58. The number of methoxy groups -OCH3 is 1. The monoisotopic (exact) mass is 381 g/mol. The number of nitrogens with one attached hydrogen (secondary N) is 1. The molecule has 0 atom stereocenters. The van der Waals surface area contributed by atoms with E-state index in [9.17, 15) is 14.7 Å². The van der Waals surface area contributed by atoms with E-state index in [4.69, 9.17) is 4.74 Å². The lowest BCUT2D eigenvalue weighted by Gasteiger charge is -2.07. The van der Waals surface area contributed by atoms with Gasteiger partial charge in [-0.25, -0.2) is 4.79 Å². The predicted molar refractivity (Wildman–Crippen MR) is 107 cm³/mol. The van der Waals surface area contributed by atoms with Crippen LogP contribution in [0.4, 0.5) is 5.00 Å². The zero-order valence-electron chi connectivity index (χ0n) is 15.0. The smallest absolute Gasteiger partial charge is 0.339 e. The molecule has 0 radical (unpaired) electrons. The molecule has 1 heterocycles. The van der Waals surface area contributed by atoms with Crippen molar-refractivity contribution in [1.82, 2.24) is 0 Å². The van der Waals surface area contributed by atoms with Crippen LogP contribution in [0.3, 0.4) is 0 Å². The van der Waals surface area contributed by atoms with Crippen molar-refractivity contribution in [3.05, 3.63) is 70.6 Å². The number of amides is 1. The number of aromatic carboxylic acids is 1. The first-order chi connectivity index (χ1) is 13.0. The second kappa shape index (κ2) is 8.05. The molecule has 2 aromatic carbocycles. The van der Waals surface area contributed by atoms with Crippen LogP contribution in [0.15, 0.2) is 53.9 Å². The van der Waals surface area contributed by atoms with Gasteiger partial charge in [-0.1, -0.05) is 42.0 Å². The summed E-state index contributed by atoms with van der Waals surface area (Å²) in [5.41, 5.74) is 3.45. The average molecular weight is 381 g/mol. The lowest BCUT2D eigenvalue weighted by Crippen LogP contribution is -2.15. The van der Waals surface area contributed by atoms with Crippen LogP contribution in [0.5, 0.6) is 5.75 Å². The van der Waals surface area contributed by atoms with E-state index in [1.165, 1.54) is 11.3 Å². The molecule has 0 bridgehead atoms. The zero-order chi connectivity index (χ0) is 19.4. The Morgan fingerprint density at radius 1 is 1.07 bits per heavy atom. The minimum atomic E-state index is -1.06. The lowest BCUT2D eigenvalue weighted by atomic mass is 10.0. The number of aryl methyl sites for hydroxylation is 1. The molecule has 3 rings (SSSR count).